The van der Waals surface area contributed by atoms with Crippen LogP contribution >= 0.6 is 11.3 Å². The largest absolute Gasteiger partial charge is 0.493 e. The maximum absolute atomic E-state index is 14.6. The number of para-hydroxylation sites is 1. The van der Waals surface area contributed by atoms with E-state index in [-0.39, 0.29) is 31.0 Å². The summed E-state index contributed by atoms with van der Waals surface area (Å²) in [6.07, 6.45) is 1.73. The fourth-order valence-corrected chi connectivity index (χ4v) is 6.98. The number of nitrogens with zero attached hydrogens (tertiary/aromatic N) is 2. The Bertz CT molecular complexity index is 2350. The first kappa shape index (κ1) is 36.6. The number of fused-ring (bicyclic) bond motifs is 1. The van der Waals surface area contributed by atoms with E-state index in [0.29, 0.717) is 60.3 Å². The molecule has 0 bridgehead atoms. The molecule has 0 spiro atoms. The van der Waals surface area contributed by atoms with E-state index in [0.717, 1.165) is 5.56 Å². The molecule has 53 heavy (non-hydrogen) atoms. The monoisotopic (exact) mass is 734 g/mol. The Balaban J connectivity index is 1.50. The number of esters is 2. The molecule has 5 aromatic rings. The molecule has 0 fully saturated rings. The Kier molecular flexibility index (Phi) is 11.4. The quantitative estimate of drug-likeness (QED) is 0.140. The lowest BCUT2D eigenvalue weighted by molar-refractivity contribution is -0.138. The third-order valence-electron chi connectivity index (χ3n) is 8.46. The first-order valence-electron chi connectivity index (χ1n) is 16.9. The highest BCUT2D eigenvalue weighted by Crippen LogP contribution is 2.39. The summed E-state index contributed by atoms with van der Waals surface area (Å²) in [5.41, 5.74) is 3.37. The zero-order valence-corrected chi connectivity index (χ0v) is 30.7. The lowest BCUT2D eigenvalue weighted by atomic mass is 9.93. The molecule has 11 nitrogen and oxygen atoms in total. The molecule has 0 aliphatic carbocycles. The average molecular weight is 735 g/mol. The van der Waals surface area contributed by atoms with Gasteiger partial charge < -0.3 is 28.4 Å². The molecule has 4 aromatic carbocycles. The number of hydrogen-bond donors (Lipinski definition) is 0. The van der Waals surface area contributed by atoms with Gasteiger partial charge in [0.05, 0.1) is 62.0 Å². The third-order valence-corrected chi connectivity index (χ3v) is 9.44. The van der Waals surface area contributed by atoms with E-state index in [1.807, 2.05) is 42.5 Å². The van der Waals surface area contributed by atoms with Crippen molar-refractivity contribution in [1.29, 1.82) is 0 Å². The van der Waals surface area contributed by atoms with Gasteiger partial charge in [-0.25, -0.2) is 14.6 Å². The summed E-state index contributed by atoms with van der Waals surface area (Å²) in [6, 6.07) is 26.0. The average Bonchev–Trinajstić information content (AvgIpc) is 3.50. The van der Waals surface area contributed by atoms with Gasteiger partial charge in [-0.15, -0.1) is 0 Å². The van der Waals surface area contributed by atoms with Crippen LogP contribution in [-0.2, 0) is 20.9 Å². The van der Waals surface area contributed by atoms with Crippen LogP contribution in [0.5, 0.6) is 23.0 Å². The highest BCUT2D eigenvalue weighted by Gasteiger charge is 2.35. The topological polar surface area (TPSA) is 124 Å². The molecule has 2 heterocycles. The van der Waals surface area contributed by atoms with Crippen LogP contribution in [0.15, 0.2) is 106 Å². The van der Waals surface area contributed by atoms with Crippen molar-refractivity contribution >= 4 is 35.0 Å². The molecule has 0 amide bonds. The summed E-state index contributed by atoms with van der Waals surface area (Å²) in [7, 11) is 4.60. The number of rotatable bonds is 13. The zero-order chi connectivity index (χ0) is 37.5. The summed E-state index contributed by atoms with van der Waals surface area (Å²) in [5, 5.41) is 0. The molecule has 0 saturated heterocycles. The molecule has 12 heteroatoms. The number of aromatic nitrogens is 1. The fourth-order valence-electron chi connectivity index (χ4n) is 5.99. The summed E-state index contributed by atoms with van der Waals surface area (Å²) in [6.45, 7) is 4.06. The van der Waals surface area contributed by atoms with Crippen LogP contribution in [0.4, 0.5) is 0 Å². The minimum atomic E-state index is -0.916. The Morgan fingerprint density at radius 1 is 0.792 bits per heavy atom. The molecule has 0 saturated carbocycles. The summed E-state index contributed by atoms with van der Waals surface area (Å²) in [5.74, 6) is 0.823. The van der Waals surface area contributed by atoms with Crippen molar-refractivity contribution < 1.29 is 38.0 Å². The number of benzene rings is 4. The second kappa shape index (κ2) is 16.5. The van der Waals surface area contributed by atoms with Crippen molar-refractivity contribution in [3.63, 3.8) is 0 Å². The SMILES string of the molecule is CCOC(=O)C1=C(c2ccccc2)N=c2s/c(=C\c3cccc(OC)c3OCc3ccc(C(=O)OCC)cc3)c(=O)n2[C@@H]1c1ccc(OC)c(OC)c1. The number of methoxy groups -OCH3 is 3. The standard InChI is InChI=1S/C41H38N2O9S/c1-6-50-39(45)27-18-16-25(17-19-27)24-52-37-29(14-11-15-31(37)48-4)23-33-38(44)43-36(28-20-21-30(47-3)32(22-28)49-5)34(40(46)51-7-2)35(42-41(43)53-33)26-12-9-8-10-13-26/h8-23,36H,6-7,24H2,1-5H3/b33-23-/t36-/m1/s1. The van der Waals surface area contributed by atoms with Crippen molar-refractivity contribution in [3.05, 3.63) is 144 Å². The highest BCUT2D eigenvalue weighted by atomic mass is 32.1. The van der Waals surface area contributed by atoms with Gasteiger partial charge in [-0.3, -0.25) is 9.36 Å². The lowest BCUT2D eigenvalue weighted by Gasteiger charge is -2.26. The van der Waals surface area contributed by atoms with Crippen LogP contribution in [0.2, 0.25) is 0 Å². The van der Waals surface area contributed by atoms with Crippen LogP contribution in [0, 0.1) is 0 Å². The summed E-state index contributed by atoms with van der Waals surface area (Å²) in [4.78, 5) is 45.9. The van der Waals surface area contributed by atoms with Crippen LogP contribution in [0.3, 0.4) is 0 Å². The van der Waals surface area contributed by atoms with Crippen LogP contribution in [0.1, 0.15) is 52.5 Å². The molecule has 6 rings (SSSR count). The molecule has 1 atom stereocenters. The molecule has 0 unspecified atom stereocenters. The van der Waals surface area contributed by atoms with E-state index >= 15 is 0 Å². The Morgan fingerprint density at radius 2 is 1.49 bits per heavy atom. The number of carbonyl (C=O) groups is 2. The molecule has 1 aliphatic rings. The second-order valence-corrected chi connectivity index (χ2v) is 12.6. The van der Waals surface area contributed by atoms with Gasteiger partial charge in [-0.1, -0.05) is 72.0 Å². The van der Waals surface area contributed by atoms with E-state index < -0.39 is 18.0 Å². The predicted molar refractivity (Wildman–Crippen MR) is 200 cm³/mol. The van der Waals surface area contributed by atoms with E-state index in [1.165, 1.54) is 30.1 Å². The first-order valence-corrected chi connectivity index (χ1v) is 17.7. The van der Waals surface area contributed by atoms with Crippen molar-refractivity contribution in [2.75, 3.05) is 34.5 Å². The predicted octanol–water partition coefficient (Wildman–Crippen LogP) is 5.72. The van der Waals surface area contributed by atoms with Gasteiger partial charge >= 0.3 is 11.9 Å². The van der Waals surface area contributed by atoms with Crippen molar-refractivity contribution in [2.45, 2.75) is 26.5 Å². The minimum absolute atomic E-state index is 0.127. The van der Waals surface area contributed by atoms with Gasteiger partial charge in [-0.2, -0.15) is 0 Å². The van der Waals surface area contributed by atoms with Gasteiger partial charge in [0.1, 0.15) is 6.61 Å². The van der Waals surface area contributed by atoms with Crippen molar-refractivity contribution in [2.24, 2.45) is 4.99 Å². The Hall–Kier alpha value is -6.14. The van der Waals surface area contributed by atoms with Crippen LogP contribution < -0.4 is 33.8 Å². The number of ether oxygens (including phenoxy) is 6. The maximum atomic E-state index is 14.6. The molecule has 0 radical (unpaired) electrons. The molecular formula is C41H38N2O9S. The van der Waals surface area contributed by atoms with Crippen LogP contribution in [0.25, 0.3) is 11.8 Å². The second-order valence-electron chi connectivity index (χ2n) is 11.6. The van der Waals surface area contributed by atoms with Gasteiger partial charge in [0.15, 0.2) is 27.8 Å². The maximum Gasteiger partial charge on any atom is 0.338 e. The smallest absolute Gasteiger partial charge is 0.338 e. The molecule has 1 aromatic heterocycles. The minimum Gasteiger partial charge on any atom is -0.493 e. The van der Waals surface area contributed by atoms with E-state index in [1.54, 1.807) is 75.6 Å². The van der Waals surface area contributed by atoms with E-state index in [4.69, 9.17) is 33.4 Å². The van der Waals surface area contributed by atoms with Crippen molar-refractivity contribution in [1.82, 2.24) is 4.57 Å². The number of thiazole rings is 1. The molecule has 0 N–H and O–H groups in total. The summed E-state index contributed by atoms with van der Waals surface area (Å²) >= 11 is 1.19. The summed E-state index contributed by atoms with van der Waals surface area (Å²) < 4.78 is 35.6. The van der Waals surface area contributed by atoms with Gasteiger partial charge in [-0.05, 0) is 61.4 Å². The zero-order valence-electron chi connectivity index (χ0n) is 29.9. The normalized spacial score (nSPS) is 13.8. The lowest BCUT2D eigenvalue weighted by Crippen LogP contribution is -2.40. The molecule has 1 aliphatic heterocycles. The number of carbonyl (C=O) groups excluding carboxylic acids is 2. The first-order chi connectivity index (χ1) is 25.8. The Labute approximate surface area is 310 Å². The Morgan fingerprint density at radius 3 is 2.17 bits per heavy atom. The third kappa shape index (κ3) is 7.58. The van der Waals surface area contributed by atoms with E-state index in [2.05, 4.69) is 0 Å². The number of hydrogen-bond acceptors (Lipinski definition) is 11. The molecule has 272 valence electrons. The van der Waals surface area contributed by atoms with Gasteiger partial charge in [0.25, 0.3) is 5.56 Å². The van der Waals surface area contributed by atoms with Gasteiger partial charge in [0, 0.05) is 11.1 Å². The highest BCUT2D eigenvalue weighted by molar-refractivity contribution is 7.07. The molecular weight excluding hydrogens is 697 g/mol. The van der Waals surface area contributed by atoms with Crippen LogP contribution in [-0.4, -0.2) is 51.0 Å². The van der Waals surface area contributed by atoms with E-state index in [9.17, 15) is 14.4 Å². The fraction of sp³-hybridized carbons (Fsp3) is 0.220. The van der Waals surface area contributed by atoms with Gasteiger partial charge in [0.2, 0.25) is 0 Å². The van der Waals surface area contributed by atoms with Crippen molar-refractivity contribution in [3.8, 4) is 23.0 Å².